The van der Waals surface area contributed by atoms with Gasteiger partial charge in [0.15, 0.2) is 11.7 Å². The van der Waals surface area contributed by atoms with E-state index in [4.69, 9.17) is 4.52 Å². The molecule has 0 saturated carbocycles. The monoisotopic (exact) mass is 333 g/mol. The Morgan fingerprint density at radius 3 is 2.83 bits per heavy atom. The van der Waals surface area contributed by atoms with Crippen LogP contribution in [-0.2, 0) is 6.54 Å². The van der Waals surface area contributed by atoms with Gasteiger partial charge < -0.3 is 15.2 Å². The zero-order chi connectivity index (χ0) is 17.4. The van der Waals surface area contributed by atoms with Crippen molar-refractivity contribution in [3.8, 4) is 0 Å². The minimum atomic E-state index is 0.374. The predicted octanol–water partition coefficient (Wildman–Crippen LogP) is 2.50. The summed E-state index contributed by atoms with van der Waals surface area (Å²) in [5.41, 5.74) is 0.979. The SMILES string of the molecule is C=CCN1CCC(NC(=NCc2cc(C(C)C)no2)NCC)CC1. The summed E-state index contributed by atoms with van der Waals surface area (Å²) >= 11 is 0. The molecule has 134 valence electrons. The molecule has 2 heterocycles. The van der Waals surface area contributed by atoms with Crippen LogP contribution in [0.5, 0.6) is 0 Å². The van der Waals surface area contributed by atoms with Crippen LogP contribution in [0.3, 0.4) is 0 Å². The van der Waals surface area contributed by atoms with Crippen molar-refractivity contribution in [2.45, 2.75) is 52.1 Å². The molecule has 2 rings (SSSR count). The quantitative estimate of drug-likeness (QED) is 0.456. The summed E-state index contributed by atoms with van der Waals surface area (Å²) in [6.45, 7) is 14.6. The zero-order valence-electron chi connectivity index (χ0n) is 15.2. The number of aliphatic imine (C=N–C) groups is 1. The molecule has 0 aromatic carbocycles. The highest BCUT2D eigenvalue weighted by Crippen LogP contribution is 2.14. The Morgan fingerprint density at radius 2 is 2.25 bits per heavy atom. The number of hydrogen-bond donors (Lipinski definition) is 2. The van der Waals surface area contributed by atoms with E-state index in [9.17, 15) is 0 Å². The van der Waals surface area contributed by atoms with E-state index in [1.165, 1.54) is 0 Å². The van der Waals surface area contributed by atoms with Gasteiger partial charge in [-0.1, -0.05) is 25.1 Å². The first-order chi connectivity index (χ1) is 11.6. The molecule has 1 aromatic heterocycles. The molecule has 6 heteroatoms. The van der Waals surface area contributed by atoms with Crippen molar-refractivity contribution in [1.82, 2.24) is 20.7 Å². The van der Waals surface area contributed by atoms with Crippen molar-refractivity contribution < 1.29 is 4.52 Å². The molecule has 0 spiro atoms. The van der Waals surface area contributed by atoms with Gasteiger partial charge in [0.25, 0.3) is 0 Å². The average molecular weight is 333 g/mol. The Labute approximate surface area is 145 Å². The summed E-state index contributed by atoms with van der Waals surface area (Å²) in [5.74, 6) is 2.03. The normalized spacial score (nSPS) is 17.2. The number of likely N-dealkylation sites (tertiary alicyclic amines) is 1. The van der Waals surface area contributed by atoms with Gasteiger partial charge >= 0.3 is 0 Å². The maximum Gasteiger partial charge on any atom is 0.191 e. The molecule has 0 atom stereocenters. The topological polar surface area (TPSA) is 65.7 Å². The Morgan fingerprint density at radius 1 is 1.50 bits per heavy atom. The minimum Gasteiger partial charge on any atom is -0.359 e. The van der Waals surface area contributed by atoms with Gasteiger partial charge in [0.2, 0.25) is 0 Å². The van der Waals surface area contributed by atoms with Crippen LogP contribution in [0.4, 0.5) is 0 Å². The van der Waals surface area contributed by atoms with E-state index in [-0.39, 0.29) is 0 Å². The first kappa shape index (κ1) is 18.5. The molecular formula is C18H31N5O. The van der Waals surface area contributed by atoms with Gasteiger partial charge in [-0.2, -0.15) is 0 Å². The first-order valence-corrected chi connectivity index (χ1v) is 8.96. The average Bonchev–Trinajstić information content (AvgIpc) is 3.04. The Hall–Kier alpha value is -1.82. The number of nitrogens with zero attached hydrogens (tertiary/aromatic N) is 3. The second kappa shape index (κ2) is 9.47. The number of aromatic nitrogens is 1. The number of rotatable bonds is 7. The van der Waals surface area contributed by atoms with Gasteiger partial charge in [0, 0.05) is 38.3 Å². The van der Waals surface area contributed by atoms with Gasteiger partial charge in [-0.25, -0.2) is 4.99 Å². The minimum absolute atomic E-state index is 0.374. The molecule has 0 bridgehead atoms. The number of hydrogen-bond acceptors (Lipinski definition) is 4. The van der Waals surface area contributed by atoms with Crippen LogP contribution < -0.4 is 10.6 Å². The van der Waals surface area contributed by atoms with Gasteiger partial charge in [-0.15, -0.1) is 6.58 Å². The number of guanidine groups is 1. The fourth-order valence-electron chi connectivity index (χ4n) is 2.79. The van der Waals surface area contributed by atoms with Crippen LogP contribution in [0.2, 0.25) is 0 Å². The van der Waals surface area contributed by atoms with Gasteiger partial charge in [0.05, 0.1) is 5.69 Å². The Balaban J connectivity index is 1.87. The van der Waals surface area contributed by atoms with E-state index in [0.29, 0.717) is 18.5 Å². The van der Waals surface area contributed by atoms with E-state index in [1.54, 1.807) is 0 Å². The number of piperidine rings is 1. The maximum atomic E-state index is 5.36. The first-order valence-electron chi connectivity index (χ1n) is 8.96. The number of nitrogens with one attached hydrogen (secondary N) is 2. The van der Waals surface area contributed by atoms with Crippen molar-refractivity contribution in [2.75, 3.05) is 26.2 Å². The van der Waals surface area contributed by atoms with Crippen LogP contribution in [0.15, 0.2) is 28.2 Å². The highest BCUT2D eigenvalue weighted by Gasteiger charge is 2.19. The third-order valence-electron chi connectivity index (χ3n) is 4.22. The van der Waals surface area contributed by atoms with Crippen molar-refractivity contribution in [2.24, 2.45) is 4.99 Å². The van der Waals surface area contributed by atoms with Gasteiger partial charge in [0.1, 0.15) is 6.54 Å². The lowest BCUT2D eigenvalue weighted by Crippen LogP contribution is -2.48. The smallest absolute Gasteiger partial charge is 0.191 e. The maximum absolute atomic E-state index is 5.36. The van der Waals surface area contributed by atoms with E-state index in [1.807, 2.05) is 12.1 Å². The molecule has 6 nitrogen and oxygen atoms in total. The summed E-state index contributed by atoms with van der Waals surface area (Å²) in [4.78, 5) is 7.06. The van der Waals surface area contributed by atoms with Crippen molar-refractivity contribution >= 4 is 5.96 Å². The molecular weight excluding hydrogens is 302 g/mol. The highest BCUT2D eigenvalue weighted by atomic mass is 16.5. The third-order valence-corrected chi connectivity index (χ3v) is 4.22. The third kappa shape index (κ3) is 5.67. The molecule has 1 fully saturated rings. The van der Waals surface area contributed by atoms with E-state index in [2.05, 4.69) is 53.0 Å². The second-order valence-corrected chi connectivity index (χ2v) is 6.58. The molecule has 1 aliphatic rings. The Kier molecular flexibility index (Phi) is 7.31. The van der Waals surface area contributed by atoms with Crippen LogP contribution >= 0.6 is 0 Å². The molecule has 1 aromatic rings. The summed E-state index contributed by atoms with van der Waals surface area (Å²) in [6, 6.07) is 2.45. The molecule has 0 unspecified atom stereocenters. The van der Waals surface area contributed by atoms with Crippen LogP contribution in [0.1, 0.15) is 51.0 Å². The fraction of sp³-hybridized carbons (Fsp3) is 0.667. The molecule has 0 aliphatic carbocycles. The lowest BCUT2D eigenvalue weighted by molar-refractivity contribution is 0.225. The summed E-state index contributed by atoms with van der Waals surface area (Å²) in [5, 5.41) is 10.9. The van der Waals surface area contributed by atoms with Crippen LogP contribution in [-0.4, -0.2) is 48.2 Å². The molecule has 24 heavy (non-hydrogen) atoms. The molecule has 1 aliphatic heterocycles. The van der Waals surface area contributed by atoms with E-state index in [0.717, 1.165) is 56.4 Å². The van der Waals surface area contributed by atoms with Gasteiger partial charge in [-0.3, -0.25) is 4.90 Å². The van der Waals surface area contributed by atoms with E-state index < -0.39 is 0 Å². The molecule has 0 radical (unpaired) electrons. The lowest BCUT2D eigenvalue weighted by Gasteiger charge is -2.32. The van der Waals surface area contributed by atoms with Crippen molar-refractivity contribution in [3.63, 3.8) is 0 Å². The standard InChI is InChI=1S/C18H31N5O/c1-5-9-23-10-7-15(8-11-23)21-18(19-6-2)20-13-16-12-17(14(3)4)22-24-16/h5,12,14-15H,1,6-11,13H2,2-4H3,(H2,19,20,21). The van der Waals surface area contributed by atoms with Crippen molar-refractivity contribution in [1.29, 1.82) is 0 Å². The highest BCUT2D eigenvalue weighted by molar-refractivity contribution is 5.80. The summed E-state index contributed by atoms with van der Waals surface area (Å²) in [6.07, 6.45) is 4.22. The summed E-state index contributed by atoms with van der Waals surface area (Å²) < 4.78 is 5.36. The second-order valence-electron chi connectivity index (χ2n) is 6.58. The fourth-order valence-corrected chi connectivity index (χ4v) is 2.79. The lowest BCUT2D eigenvalue weighted by atomic mass is 10.1. The van der Waals surface area contributed by atoms with Gasteiger partial charge in [-0.05, 0) is 25.7 Å². The molecule has 2 N–H and O–H groups in total. The van der Waals surface area contributed by atoms with Crippen LogP contribution in [0.25, 0.3) is 0 Å². The van der Waals surface area contributed by atoms with Crippen molar-refractivity contribution in [3.05, 3.63) is 30.2 Å². The predicted molar refractivity (Wildman–Crippen MR) is 98.2 cm³/mol. The summed E-state index contributed by atoms with van der Waals surface area (Å²) in [7, 11) is 0. The van der Waals surface area contributed by atoms with E-state index >= 15 is 0 Å². The van der Waals surface area contributed by atoms with Crippen LogP contribution in [0, 0.1) is 0 Å². The zero-order valence-corrected chi connectivity index (χ0v) is 15.2. The molecule has 0 amide bonds. The largest absolute Gasteiger partial charge is 0.359 e. The molecule has 1 saturated heterocycles. The Bertz CT molecular complexity index is 529.